The van der Waals surface area contributed by atoms with E-state index in [9.17, 15) is 4.79 Å². The summed E-state index contributed by atoms with van der Waals surface area (Å²) in [5.41, 5.74) is 5.20. The summed E-state index contributed by atoms with van der Waals surface area (Å²) in [4.78, 5) is 16.8. The third-order valence-electron chi connectivity index (χ3n) is 3.86. The summed E-state index contributed by atoms with van der Waals surface area (Å²) >= 11 is 0. The number of ether oxygens (including phenoxy) is 1. The van der Waals surface area contributed by atoms with Gasteiger partial charge in [0.15, 0.2) is 0 Å². The van der Waals surface area contributed by atoms with E-state index in [4.69, 9.17) is 10.5 Å². The molecule has 0 aliphatic heterocycles. The van der Waals surface area contributed by atoms with Crippen LogP contribution < -0.4 is 5.73 Å². The first-order valence-corrected chi connectivity index (χ1v) is 7.61. The van der Waals surface area contributed by atoms with Crippen molar-refractivity contribution in [2.75, 3.05) is 13.2 Å². The van der Waals surface area contributed by atoms with Crippen molar-refractivity contribution in [3.8, 4) is 0 Å². The molecule has 1 aromatic heterocycles. The highest BCUT2D eigenvalue weighted by atomic mass is 16.5. The molecule has 1 aromatic rings. The number of carbonyl (C=O) groups excluding carboxylic acids is 1. The zero-order chi connectivity index (χ0) is 16.0. The molecule has 0 aliphatic carbocycles. The van der Waals surface area contributed by atoms with Gasteiger partial charge in [0.25, 0.3) is 0 Å². The van der Waals surface area contributed by atoms with Crippen molar-refractivity contribution in [2.45, 2.75) is 47.6 Å². The Bertz CT molecular complexity index is 456. The molecule has 6 nitrogen and oxygen atoms in total. The van der Waals surface area contributed by atoms with Crippen molar-refractivity contribution in [3.63, 3.8) is 0 Å². The standard InChI is InChI=1S/C15H28N4O2/c1-6-21-14(20)15(9-16,12(4)5)7-13-17-10-18-19(13)8-11(2)3/h10-12H,6-9,16H2,1-5H3. The lowest BCUT2D eigenvalue weighted by Gasteiger charge is -2.33. The van der Waals surface area contributed by atoms with Crippen LogP contribution in [0.3, 0.4) is 0 Å². The van der Waals surface area contributed by atoms with E-state index in [1.807, 2.05) is 18.5 Å². The van der Waals surface area contributed by atoms with Crippen LogP contribution in [-0.4, -0.2) is 33.9 Å². The first-order chi connectivity index (χ1) is 9.87. The molecule has 2 N–H and O–H groups in total. The Balaban J connectivity index is 3.07. The van der Waals surface area contributed by atoms with Crippen LogP contribution >= 0.6 is 0 Å². The van der Waals surface area contributed by atoms with Gasteiger partial charge in [-0.3, -0.25) is 4.79 Å². The Morgan fingerprint density at radius 2 is 2.10 bits per heavy atom. The monoisotopic (exact) mass is 296 g/mol. The molecule has 0 spiro atoms. The molecule has 0 saturated carbocycles. The van der Waals surface area contributed by atoms with Gasteiger partial charge in [0.1, 0.15) is 12.2 Å². The van der Waals surface area contributed by atoms with Crippen molar-refractivity contribution in [2.24, 2.45) is 23.0 Å². The highest BCUT2D eigenvalue weighted by Gasteiger charge is 2.43. The predicted molar refractivity (Wildman–Crippen MR) is 81.5 cm³/mol. The molecule has 1 unspecified atom stereocenters. The molecule has 0 radical (unpaired) electrons. The zero-order valence-corrected chi connectivity index (χ0v) is 13.8. The summed E-state index contributed by atoms with van der Waals surface area (Å²) in [5, 5.41) is 4.25. The quantitative estimate of drug-likeness (QED) is 0.737. The van der Waals surface area contributed by atoms with Crippen LogP contribution in [0.5, 0.6) is 0 Å². The molecule has 0 saturated heterocycles. The van der Waals surface area contributed by atoms with E-state index in [1.165, 1.54) is 6.33 Å². The average molecular weight is 296 g/mol. The van der Waals surface area contributed by atoms with Gasteiger partial charge in [0.2, 0.25) is 0 Å². The van der Waals surface area contributed by atoms with Gasteiger partial charge in [-0.05, 0) is 18.8 Å². The average Bonchev–Trinajstić information content (AvgIpc) is 2.82. The van der Waals surface area contributed by atoms with Crippen molar-refractivity contribution in [1.29, 1.82) is 0 Å². The normalized spacial score (nSPS) is 14.5. The molecule has 0 amide bonds. The number of rotatable bonds is 8. The Kier molecular flexibility index (Phi) is 6.33. The number of nitrogens with zero attached hydrogens (tertiary/aromatic N) is 3. The van der Waals surface area contributed by atoms with E-state index in [-0.39, 0.29) is 18.4 Å². The van der Waals surface area contributed by atoms with Gasteiger partial charge in [-0.2, -0.15) is 5.10 Å². The Morgan fingerprint density at radius 1 is 1.43 bits per heavy atom. The van der Waals surface area contributed by atoms with Crippen molar-refractivity contribution in [3.05, 3.63) is 12.2 Å². The smallest absolute Gasteiger partial charge is 0.314 e. The minimum atomic E-state index is -0.752. The topological polar surface area (TPSA) is 83.0 Å². The number of aromatic nitrogens is 3. The molecule has 21 heavy (non-hydrogen) atoms. The van der Waals surface area contributed by atoms with Gasteiger partial charge >= 0.3 is 5.97 Å². The van der Waals surface area contributed by atoms with Crippen molar-refractivity contribution >= 4 is 5.97 Å². The lowest BCUT2D eigenvalue weighted by atomic mass is 9.74. The van der Waals surface area contributed by atoms with Crippen LogP contribution in [0, 0.1) is 17.3 Å². The Morgan fingerprint density at radius 3 is 2.57 bits per heavy atom. The summed E-state index contributed by atoms with van der Waals surface area (Å²) in [7, 11) is 0. The van der Waals surface area contributed by atoms with E-state index < -0.39 is 5.41 Å². The maximum atomic E-state index is 12.4. The second kappa shape index (κ2) is 7.54. The van der Waals surface area contributed by atoms with Crippen LogP contribution in [0.4, 0.5) is 0 Å². The number of nitrogens with two attached hydrogens (primary N) is 1. The largest absolute Gasteiger partial charge is 0.466 e. The van der Waals surface area contributed by atoms with E-state index >= 15 is 0 Å². The predicted octanol–water partition coefficient (Wildman–Crippen LogP) is 1.64. The number of esters is 1. The third kappa shape index (κ3) is 4.03. The maximum absolute atomic E-state index is 12.4. The highest BCUT2D eigenvalue weighted by molar-refractivity contribution is 5.77. The molecule has 1 atom stereocenters. The number of hydrogen-bond acceptors (Lipinski definition) is 5. The second-order valence-electron chi connectivity index (χ2n) is 6.16. The summed E-state index contributed by atoms with van der Waals surface area (Å²) in [6.45, 7) is 11.4. The minimum absolute atomic E-state index is 0.0609. The molecular weight excluding hydrogens is 268 g/mol. The lowest BCUT2D eigenvalue weighted by molar-refractivity contribution is -0.158. The summed E-state index contributed by atoms with van der Waals surface area (Å²) in [6, 6.07) is 0. The van der Waals surface area contributed by atoms with Crippen molar-refractivity contribution < 1.29 is 9.53 Å². The lowest BCUT2D eigenvalue weighted by Crippen LogP contribution is -2.46. The molecular formula is C15H28N4O2. The second-order valence-corrected chi connectivity index (χ2v) is 6.16. The van der Waals surface area contributed by atoms with Gasteiger partial charge in [0, 0.05) is 19.5 Å². The highest BCUT2D eigenvalue weighted by Crippen LogP contribution is 2.32. The zero-order valence-electron chi connectivity index (χ0n) is 13.8. The maximum Gasteiger partial charge on any atom is 0.314 e. The first kappa shape index (κ1) is 17.6. The fourth-order valence-corrected chi connectivity index (χ4v) is 2.38. The van der Waals surface area contributed by atoms with E-state index in [0.717, 1.165) is 12.4 Å². The Hall–Kier alpha value is -1.43. The summed E-state index contributed by atoms with van der Waals surface area (Å²) < 4.78 is 7.11. The van der Waals surface area contributed by atoms with Crippen LogP contribution in [-0.2, 0) is 22.5 Å². The molecule has 0 fully saturated rings. The first-order valence-electron chi connectivity index (χ1n) is 7.61. The van der Waals surface area contributed by atoms with Crippen LogP contribution in [0.2, 0.25) is 0 Å². The Labute approximate surface area is 127 Å². The fourth-order valence-electron chi connectivity index (χ4n) is 2.38. The molecule has 1 rings (SSSR count). The number of carbonyl (C=O) groups is 1. The van der Waals surface area contributed by atoms with Crippen molar-refractivity contribution in [1.82, 2.24) is 14.8 Å². The molecule has 0 aromatic carbocycles. The van der Waals surface area contributed by atoms with Gasteiger partial charge < -0.3 is 10.5 Å². The van der Waals surface area contributed by atoms with Crippen LogP contribution in [0.1, 0.15) is 40.4 Å². The summed E-state index contributed by atoms with van der Waals surface area (Å²) in [6.07, 6.45) is 1.98. The third-order valence-corrected chi connectivity index (χ3v) is 3.86. The molecule has 0 aliphatic rings. The van der Waals surface area contributed by atoms with E-state index in [0.29, 0.717) is 18.9 Å². The summed E-state index contributed by atoms with van der Waals surface area (Å²) in [5.74, 6) is 1.06. The fraction of sp³-hybridized carbons (Fsp3) is 0.800. The van der Waals surface area contributed by atoms with Gasteiger partial charge in [-0.15, -0.1) is 0 Å². The molecule has 6 heteroatoms. The van der Waals surface area contributed by atoms with E-state index in [2.05, 4.69) is 23.9 Å². The SMILES string of the molecule is CCOC(=O)C(CN)(Cc1ncnn1CC(C)C)C(C)C. The minimum Gasteiger partial charge on any atom is -0.466 e. The van der Waals surface area contributed by atoms with Gasteiger partial charge in [-0.25, -0.2) is 9.67 Å². The van der Waals surface area contributed by atoms with E-state index in [1.54, 1.807) is 6.92 Å². The van der Waals surface area contributed by atoms with Crippen LogP contribution in [0.25, 0.3) is 0 Å². The van der Waals surface area contributed by atoms with Gasteiger partial charge in [-0.1, -0.05) is 27.7 Å². The van der Waals surface area contributed by atoms with Gasteiger partial charge in [0.05, 0.1) is 12.0 Å². The molecule has 0 bridgehead atoms. The molecule has 120 valence electrons. The number of hydrogen-bond donors (Lipinski definition) is 1. The molecule has 1 heterocycles. The van der Waals surface area contributed by atoms with Crippen LogP contribution in [0.15, 0.2) is 6.33 Å².